The van der Waals surface area contributed by atoms with E-state index in [1.165, 1.54) is 6.07 Å². The van der Waals surface area contributed by atoms with Crippen molar-refractivity contribution in [2.24, 2.45) is 0 Å². The second-order valence-corrected chi connectivity index (χ2v) is 7.13. The number of ether oxygens (including phenoxy) is 1. The average molecular weight is 336 g/mol. The first-order chi connectivity index (χ1) is 10.3. The Kier molecular flexibility index (Phi) is 3.82. The van der Waals surface area contributed by atoms with Gasteiger partial charge in [-0.1, -0.05) is 0 Å². The fourth-order valence-electron chi connectivity index (χ4n) is 2.69. The lowest BCUT2D eigenvalue weighted by molar-refractivity contribution is -0.137. The Labute approximate surface area is 126 Å². The lowest BCUT2D eigenvalue weighted by atomic mass is 10.1. The number of sulfonamides is 1. The monoisotopic (exact) mass is 336 g/mol. The molecule has 2 aliphatic heterocycles. The molecule has 0 amide bonds. The summed E-state index contributed by atoms with van der Waals surface area (Å²) in [5.74, 6) is -0.196. The molecule has 22 heavy (non-hydrogen) atoms. The average Bonchev–Trinajstić information content (AvgIpc) is 2.46. The summed E-state index contributed by atoms with van der Waals surface area (Å²) in [6, 6.07) is 3.20. The number of benzene rings is 1. The van der Waals surface area contributed by atoms with Crippen LogP contribution >= 0.6 is 0 Å². The maximum absolute atomic E-state index is 12.8. The molecule has 0 aromatic heterocycles. The number of rotatable bonds is 1. The highest BCUT2D eigenvalue weighted by Gasteiger charge is 2.37. The van der Waals surface area contributed by atoms with Crippen molar-refractivity contribution in [1.82, 2.24) is 5.01 Å². The van der Waals surface area contributed by atoms with Crippen LogP contribution in [0.1, 0.15) is 11.1 Å². The first-order valence-electron chi connectivity index (χ1n) is 6.85. The number of hydrogen-bond donors (Lipinski definition) is 0. The zero-order valence-electron chi connectivity index (χ0n) is 11.6. The van der Waals surface area contributed by atoms with Crippen molar-refractivity contribution in [2.45, 2.75) is 12.6 Å². The second kappa shape index (κ2) is 5.39. The van der Waals surface area contributed by atoms with Crippen molar-refractivity contribution in [3.05, 3.63) is 29.3 Å². The van der Waals surface area contributed by atoms with Crippen LogP contribution in [0.5, 0.6) is 0 Å². The zero-order chi connectivity index (χ0) is 16.0. The second-order valence-electron chi connectivity index (χ2n) is 5.22. The molecular formula is C13H15F3N2O3S. The summed E-state index contributed by atoms with van der Waals surface area (Å²) in [7, 11) is -3.56. The third-order valence-corrected chi connectivity index (χ3v) is 5.42. The Balaban J connectivity index is 2.03. The normalized spacial score (nSPS) is 22.4. The molecule has 1 fully saturated rings. The molecule has 2 aliphatic rings. The van der Waals surface area contributed by atoms with E-state index >= 15 is 0 Å². The molecule has 0 aliphatic carbocycles. The summed E-state index contributed by atoms with van der Waals surface area (Å²) in [6.45, 7) is 1.56. The molecule has 2 heterocycles. The van der Waals surface area contributed by atoms with Crippen molar-refractivity contribution < 1.29 is 26.3 Å². The summed E-state index contributed by atoms with van der Waals surface area (Å²) in [6.07, 6.45) is -4.35. The van der Waals surface area contributed by atoms with Crippen LogP contribution in [-0.4, -0.2) is 45.5 Å². The highest BCUT2D eigenvalue weighted by molar-refractivity contribution is 7.92. The molecule has 0 saturated carbocycles. The van der Waals surface area contributed by atoms with E-state index in [1.54, 1.807) is 5.01 Å². The molecule has 5 nitrogen and oxygen atoms in total. The van der Waals surface area contributed by atoms with Crippen LogP contribution in [-0.2, 0) is 27.4 Å². The third kappa shape index (κ3) is 2.80. The quantitative estimate of drug-likeness (QED) is 0.782. The Morgan fingerprint density at radius 2 is 1.82 bits per heavy atom. The third-order valence-electron chi connectivity index (χ3n) is 3.75. The molecule has 1 aromatic rings. The summed E-state index contributed by atoms with van der Waals surface area (Å²) in [4.78, 5) is 0. The van der Waals surface area contributed by atoms with Crippen LogP contribution in [0.2, 0.25) is 0 Å². The zero-order valence-corrected chi connectivity index (χ0v) is 12.5. The van der Waals surface area contributed by atoms with Gasteiger partial charge in [0.2, 0.25) is 10.0 Å². The van der Waals surface area contributed by atoms with E-state index in [0.717, 1.165) is 16.5 Å². The van der Waals surface area contributed by atoms with Gasteiger partial charge in [0.05, 0.1) is 30.2 Å². The summed E-state index contributed by atoms with van der Waals surface area (Å²) in [5, 5.41) is 1.62. The number of nitrogens with zero attached hydrogens (tertiary/aromatic N) is 2. The predicted molar refractivity (Wildman–Crippen MR) is 73.8 cm³/mol. The van der Waals surface area contributed by atoms with Gasteiger partial charge in [-0.15, -0.1) is 0 Å². The van der Waals surface area contributed by atoms with Crippen LogP contribution in [0, 0.1) is 0 Å². The number of fused-ring (bicyclic) bond motifs is 1. The van der Waals surface area contributed by atoms with Crippen molar-refractivity contribution in [1.29, 1.82) is 0 Å². The van der Waals surface area contributed by atoms with E-state index in [9.17, 15) is 21.6 Å². The molecule has 0 N–H and O–H groups in total. The summed E-state index contributed by atoms with van der Waals surface area (Å²) < 4.78 is 69.4. The van der Waals surface area contributed by atoms with E-state index < -0.39 is 21.8 Å². The van der Waals surface area contributed by atoms with E-state index in [2.05, 4.69) is 0 Å². The lowest BCUT2D eigenvalue weighted by Gasteiger charge is -2.40. The smallest absolute Gasteiger partial charge is 0.379 e. The predicted octanol–water partition coefficient (Wildman–Crippen LogP) is 1.64. The first kappa shape index (κ1) is 15.6. The summed E-state index contributed by atoms with van der Waals surface area (Å²) >= 11 is 0. The van der Waals surface area contributed by atoms with Gasteiger partial charge >= 0.3 is 6.18 Å². The minimum Gasteiger partial charge on any atom is -0.379 e. The Morgan fingerprint density at radius 3 is 2.45 bits per heavy atom. The molecule has 1 aromatic carbocycles. The largest absolute Gasteiger partial charge is 0.416 e. The fraction of sp³-hybridized carbons (Fsp3) is 0.538. The van der Waals surface area contributed by atoms with Crippen LogP contribution < -0.4 is 4.41 Å². The van der Waals surface area contributed by atoms with Crippen LogP contribution in [0.3, 0.4) is 0 Å². The lowest BCUT2D eigenvalue weighted by Crippen LogP contribution is -2.54. The van der Waals surface area contributed by atoms with Gasteiger partial charge in [-0.05, 0) is 30.2 Å². The maximum atomic E-state index is 12.8. The van der Waals surface area contributed by atoms with Crippen LogP contribution in [0.25, 0.3) is 0 Å². The Morgan fingerprint density at radius 1 is 1.14 bits per heavy atom. The van der Waals surface area contributed by atoms with E-state index in [-0.39, 0.29) is 12.2 Å². The molecular weight excluding hydrogens is 321 g/mol. The minimum atomic E-state index is -4.44. The van der Waals surface area contributed by atoms with Gasteiger partial charge in [0, 0.05) is 13.1 Å². The first-order valence-corrected chi connectivity index (χ1v) is 8.46. The van der Waals surface area contributed by atoms with E-state index in [0.29, 0.717) is 37.6 Å². The van der Waals surface area contributed by atoms with Crippen molar-refractivity contribution in [2.75, 3.05) is 36.5 Å². The number of alkyl halides is 3. The van der Waals surface area contributed by atoms with Crippen molar-refractivity contribution >= 4 is 15.7 Å². The van der Waals surface area contributed by atoms with Crippen molar-refractivity contribution in [3.8, 4) is 0 Å². The van der Waals surface area contributed by atoms with Gasteiger partial charge in [-0.25, -0.2) is 13.4 Å². The maximum Gasteiger partial charge on any atom is 0.416 e. The molecule has 0 unspecified atom stereocenters. The number of hydrazine groups is 1. The van der Waals surface area contributed by atoms with Gasteiger partial charge in [-0.2, -0.15) is 17.6 Å². The molecule has 1 saturated heterocycles. The standard InChI is InChI=1S/C13H15F3N2O3S/c14-13(15,16)11-1-2-12-10(9-11)3-8-22(19,20)18(12)17-4-6-21-7-5-17/h1-2,9H,3-8H2. The highest BCUT2D eigenvalue weighted by Crippen LogP contribution is 2.36. The SMILES string of the molecule is O=S1(=O)CCc2cc(C(F)(F)F)ccc2N1N1CCOCC1. The van der Waals surface area contributed by atoms with Gasteiger partial charge < -0.3 is 4.74 Å². The minimum absolute atomic E-state index is 0.0857. The molecule has 0 spiro atoms. The van der Waals surface area contributed by atoms with Crippen molar-refractivity contribution in [3.63, 3.8) is 0 Å². The molecule has 0 bridgehead atoms. The molecule has 0 radical (unpaired) electrons. The van der Waals surface area contributed by atoms with Crippen LogP contribution in [0.4, 0.5) is 18.9 Å². The topological polar surface area (TPSA) is 49.9 Å². The van der Waals surface area contributed by atoms with Gasteiger partial charge in [-0.3, -0.25) is 0 Å². The van der Waals surface area contributed by atoms with Crippen LogP contribution in [0.15, 0.2) is 18.2 Å². The number of hydrogen-bond acceptors (Lipinski definition) is 4. The van der Waals surface area contributed by atoms with E-state index in [1.807, 2.05) is 0 Å². The van der Waals surface area contributed by atoms with Gasteiger partial charge in [0.1, 0.15) is 0 Å². The van der Waals surface area contributed by atoms with Gasteiger partial charge in [0.25, 0.3) is 0 Å². The molecule has 0 atom stereocenters. The Hall–Kier alpha value is -1.32. The molecule has 3 rings (SSSR count). The Bertz CT molecular complexity index is 670. The van der Waals surface area contributed by atoms with Gasteiger partial charge in [0.15, 0.2) is 0 Å². The molecule has 9 heteroatoms. The number of morpholine rings is 1. The number of anilines is 1. The highest BCUT2D eigenvalue weighted by atomic mass is 32.2. The number of aryl methyl sites for hydroxylation is 1. The fourth-order valence-corrected chi connectivity index (χ4v) is 4.33. The number of halogens is 3. The van der Waals surface area contributed by atoms with E-state index in [4.69, 9.17) is 4.74 Å². The molecule has 122 valence electrons. The summed E-state index contributed by atoms with van der Waals surface area (Å²) in [5.41, 5.74) is -0.0511.